The Bertz CT molecular complexity index is 1960. The third kappa shape index (κ3) is 5.05. The highest BCUT2D eigenvalue weighted by Crippen LogP contribution is 2.35. The van der Waals surface area contributed by atoms with Gasteiger partial charge in [0.15, 0.2) is 0 Å². The first kappa shape index (κ1) is 20.6. The van der Waals surface area contributed by atoms with Crippen LogP contribution in [0.2, 0.25) is 0 Å². The van der Waals surface area contributed by atoms with E-state index in [0.717, 1.165) is 68.8 Å². The Labute approximate surface area is 248 Å². The molecule has 0 spiro atoms. The van der Waals surface area contributed by atoms with E-state index in [1.165, 1.54) is 12.1 Å². The number of rotatable bonds is 7. The number of H-pyrrole nitrogens is 1. The van der Waals surface area contributed by atoms with Crippen LogP contribution >= 0.6 is 0 Å². The van der Waals surface area contributed by atoms with Crippen LogP contribution in [0.5, 0.6) is 0 Å². The van der Waals surface area contributed by atoms with Crippen LogP contribution in [-0.4, -0.2) is 69.4 Å². The van der Waals surface area contributed by atoms with Crippen LogP contribution < -0.4 is 0 Å². The number of methoxy groups -OCH3 is 1. The lowest BCUT2D eigenvalue weighted by molar-refractivity contribution is 0.0827. The summed E-state index contributed by atoms with van der Waals surface area (Å²) in [6.07, 6.45) is 4.78. The second-order valence-electron chi connectivity index (χ2n) is 10.4. The van der Waals surface area contributed by atoms with Gasteiger partial charge in [0, 0.05) is 78.3 Å². The number of carbonyl (C=O) groups excluding carboxylic acids is 1. The first-order valence-corrected chi connectivity index (χ1v) is 13.6. The van der Waals surface area contributed by atoms with Gasteiger partial charge in [-0.05, 0) is 72.0 Å². The minimum Gasteiger partial charge on any atom is -0.377 e. The quantitative estimate of drug-likeness (QED) is 0.275. The fraction of sp³-hybridized carbons (Fsp3) is 0.303. The number of carbonyl (C=O) groups is 1. The summed E-state index contributed by atoms with van der Waals surface area (Å²) in [5.74, 6) is -0.269. The molecular weight excluding hydrogens is 512 g/mol. The zero-order valence-electron chi connectivity index (χ0n) is 29.3. The zero-order chi connectivity index (χ0) is 33.7. The van der Waals surface area contributed by atoms with Crippen molar-refractivity contribution in [1.82, 2.24) is 29.3 Å². The van der Waals surface area contributed by atoms with E-state index in [-0.39, 0.29) is 16.5 Å². The largest absolute Gasteiger partial charge is 0.377 e. The smallest absolute Gasteiger partial charge is 0.253 e. The Kier molecular flexibility index (Phi) is 5.50. The van der Waals surface area contributed by atoms with Crippen molar-refractivity contribution in [1.29, 1.82) is 0 Å². The number of pyridine rings is 1. The van der Waals surface area contributed by atoms with Crippen LogP contribution in [0.15, 0.2) is 66.9 Å². The predicted molar refractivity (Wildman–Crippen MR) is 164 cm³/mol. The molecule has 5 aromatic rings. The molecule has 210 valence electrons. The fourth-order valence-electron chi connectivity index (χ4n) is 5.76. The average Bonchev–Trinajstić information content (AvgIpc) is 3.59. The number of aromatic nitrogens is 4. The van der Waals surface area contributed by atoms with Gasteiger partial charge in [0.1, 0.15) is 18.1 Å². The van der Waals surface area contributed by atoms with Crippen LogP contribution in [0.4, 0.5) is 0 Å². The molecule has 0 unspecified atom stereocenters. The van der Waals surface area contributed by atoms with E-state index in [1.807, 2.05) is 25.4 Å². The monoisotopic (exact) mass is 554 g/mol. The molecular formula is C33H36N6O2. The molecule has 1 N–H and O–H groups in total. The van der Waals surface area contributed by atoms with E-state index in [9.17, 15) is 4.79 Å². The number of nitrogens with zero attached hydrogens (tertiary/aromatic N) is 5. The molecule has 1 aliphatic heterocycles. The minimum atomic E-state index is -3.09. The molecule has 0 aliphatic carbocycles. The molecule has 41 heavy (non-hydrogen) atoms. The lowest BCUT2D eigenvalue weighted by atomic mass is 9.97. The van der Waals surface area contributed by atoms with Crippen molar-refractivity contribution in [2.24, 2.45) is 7.05 Å². The number of aryl methyl sites for hydroxylation is 1. The van der Waals surface area contributed by atoms with E-state index in [2.05, 4.69) is 50.6 Å². The molecule has 0 fully saturated rings. The minimum absolute atomic E-state index is 0.0107. The number of nitrogens with one attached hydrogen (secondary N) is 1. The molecule has 1 atom stereocenters. The number of hydrogen-bond acceptors (Lipinski definition) is 5. The van der Waals surface area contributed by atoms with E-state index < -0.39 is 19.9 Å². The van der Waals surface area contributed by atoms with Crippen molar-refractivity contribution in [3.05, 3.63) is 89.5 Å². The summed E-state index contributed by atoms with van der Waals surface area (Å²) < 4.78 is 52.6. The third-order valence-corrected chi connectivity index (χ3v) is 8.01. The number of imidazole rings is 1. The molecule has 2 aromatic carbocycles. The van der Waals surface area contributed by atoms with Crippen LogP contribution in [0.3, 0.4) is 0 Å². The van der Waals surface area contributed by atoms with Gasteiger partial charge in [-0.25, -0.2) is 9.97 Å². The number of amides is 1. The highest BCUT2D eigenvalue weighted by molar-refractivity contribution is 5.96. The second-order valence-corrected chi connectivity index (χ2v) is 10.4. The molecule has 0 saturated heterocycles. The molecule has 8 nitrogen and oxygen atoms in total. The van der Waals surface area contributed by atoms with E-state index >= 15 is 0 Å². The van der Waals surface area contributed by atoms with Gasteiger partial charge >= 0.3 is 0 Å². The van der Waals surface area contributed by atoms with Crippen LogP contribution in [0.1, 0.15) is 55.1 Å². The number of benzene rings is 2. The first-order valence-electron chi connectivity index (χ1n) is 16.6. The van der Waals surface area contributed by atoms with Gasteiger partial charge in [-0.1, -0.05) is 24.3 Å². The van der Waals surface area contributed by atoms with Crippen molar-refractivity contribution in [3.8, 4) is 11.1 Å². The summed E-state index contributed by atoms with van der Waals surface area (Å²) in [6.45, 7) is -2.03. The van der Waals surface area contributed by atoms with Crippen molar-refractivity contribution in [2.45, 2.75) is 26.0 Å². The molecule has 1 amide bonds. The maximum Gasteiger partial charge on any atom is 0.253 e. The summed E-state index contributed by atoms with van der Waals surface area (Å²) in [4.78, 5) is 27.9. The highest BCUT2D eigenvalue weighted by Gasteiger charge is 2.23. The van der Waals surface area contributed by atoms with Crippen molar-refractivity contribution < 1.29 is 17.8 Å². The van der Waals surface area contributed by atoms with Gasteiger partial charge < -0.3 is 19.2 Å². The molecule has 8 heteroatoms. The normalized spacial score (nSPS) is 17.7. The number of hydrogen-bond donors (Lipinski definition) is 1. The van der Waals surface area contributed by atoms with Gasteiger partial charge in [-0.15, -0.1) is 0 Å². The molecule has 1 aliphatic rings. The van der Waals surface area contributed by atoms with Crippen LogP contribution in [-0.2, 0) is 18.4 Å². The Morgan fingerprint density at radius 1 is 1.15 bits per heavy atom. The molecule has 0 bridgehead atoms. The van der Waals surface area contributed by atoms with E-state index in [1.54, 1.807) is 19.2 Å². The lowest BCUT2D eigenvalue weighted by Crippen LogP contribution is -2.32. The molecule has 0 saturated carbocycles. The standard InChI is InChI=1S/C33H36N6O2/c1-21(39-16-13-23(14-17-39)22-6-8-24(9-7-22)33(40)37(2)3)30-19-27-26(12-15-34-32(27)38(30)4)25-10-11-28-29(18-25)36-31(35-28)20-41-5/h6-13,15,18-19,21H,14,16-17,20H2,1-5H3,(H,35,36)/t21-/m0/s1/i2D3,3D3. The number of aromatic amines is 1. The van der Waals surface area contributed by atoms with Gasteiger partial charge in [-0.2, -0.15) is 0 Å². The molecule has 0 radical (unpaired) electrons. The molecule has 4 heterocycles. The SMILES string of the molecule is [2H]C([2H])([2H])N(C(=O)c1ccc(C2=CCN([C@@H](C)c3cc4c(-c5ccc6[nH]c(COC)nc6c5)ccnc4n3C)CC2)cc1)C([2H])([2H])[2H]. The van der Waals surface area contributed by atoms with Gasteiger partial charge in [0.2, 0.25) is 0 Å². The fourth-order valence-corrected chi connectivity index (χ4v) is 5.76. The lowest BCUT2D eigenvalue weighted by Gasteiger charge is -2.32. The predicted octanol–water partition coefficient (Wildman–Crippen LogP) is 5.82. The molecule has 3 aromatic heterocycles. The van der Waals surface area contributed by atoms with Crippen LogP contribution in [0, 0.1) is 0 Å². The van der Waals surface area contributed by atoms with Gasteiger partial charge in [-0.3, -0.25) is 9.69 Å². The summed E-state index contributed by atoms with van der Waals surface area (Å²) in [7, 11) is 3.70. The van der Waals surface area contributed by atoms with Crippen molar-refractivity contribution in [2.75, 3.05) is 34.2 Å². The van der Waals surface area contributed by atoms with E-state index in [0.29, 0.717) is 13.2 Å². The summed E-state index contributed by atoms with van der Waals surface area (Å²) in [5.41, 5.74) is 8.08. The van der Waals surface area contributed by atoms with Crippen molar-refractivity contribution in [3.63, 3.8) is 0 Å². The number of ether oxygens (including phenoxy) is 1. The van der Waals surface area contributed by atoms with Crippen molar-refractivity contribution >= 4 is 33.5 Å². The van der Waals surface area contributed by atoms with Gasteiger partial charge in [0.25, 0.3) is 5.91 Å². The molecule has 6 rings (SSSR count). The Balaban J connectivity index is 1.20. The topological polar surface area (TPSA) is 79.3 Å². The third-order valence-electron chi connectivity index (χ3n) is 8.01. The zero-order valence-corrected chi connectivity index (χ0v) is 23.3. The average molecular weight is 555 g/mol. The van der Waals surface area contributed by atoms with Gasteiger partial charge in [0.05, 0.1) is 11.0 Å². The Morgan fingerprint density at radius 2 is 1.95 bits per heavy atom. The highest BCUT2D eigenvalue weighted by atomic mass is 16.5. The first-order chi connectivity index (χ1) is 22.3. The maximum atomic E-state index is 12.8. The summed E-state index contributed by atoms with van der Waals surface area (Å²) >= 11 is 0. The summed E-state index contributed by atoms with van der Waals surface area (Å²) in [5, 5.41) is 1.07. The van der Waals surface area contributed by atoms with E-state index in [4.69, 9.17) is 17.9 Å². The summed E-state index contributed by atoms with van der Waals surface area (Å²) in [6, 6.07) is 17.1. The Morgan fingerprint density at radius 3 is 2.68 bits per heavy atom. The second kappa shape index (κ2) is 11.0. The number of fused-ring (bicyclic) bond motifs is 2. The maximum absolute atomic E-state index is 12.8. The Hall–Kier alpha value is -4.27. The van der Waals surface area contributed by atoms with Crippen LogP contribution in [0.25, 0.3) is 38.8 Å².